The van der Waals surface area contributed by atoms with Gasteiger partial charge in [0.2, 0.25) is 0 Å². The van der Waals surface area contributed by atoms with Gasteiger partial charge in [0.05, 0.1) is 6.61 Å². The Bertz CT molecular complexity index is 718. The molecule has 0 aliphatic heterocycles. The first-order chi connectivity index (χ1) is 16.3. The van der Waals surface area contributed by atoms with Crippen LogP contribution in [0, 0.1) is 35.5 Å². The van der Waals surface area contributed by atoms with Crippen molar-refractivity contribution >= 4 is 0 Å². The Morgan fingerprint density at radius 3 is 2.21 bits per heavy atom. The maximum absolute atomic E-state index is 6.11. The standard InChI is InChI=1S/C32H48O/c1-3-5-7-11-30-22-24-32(25-23-30)33-26-31-20-18-29(19-21-31)13-9-8-12-28-16-14-27(15-17-28)10-6-4-2/h8,12,22-25,27-29,31H,3-7,10-11,14-21,26H2,1-2H3/t27-,28-,29-,31-. The summed E-state index contributed by atoms with van der Waals surface area (Å²) in [6.07, 6.45) is 24.4. The van der Waals surface area contributed by atoms with Crippen LogP contribution in [0.4, 0.5) is 0 Å². The molecule has 0 radical (unpaired) electrons. The van der Waals surface area contributed by atoms with Crippen molar-refractivity contribution in [2.24, 2.45) is 23.7 Å². The second-order valence-corrected chi connectivity index (χ2v) is 10.7. The Kier molecular flexibility index (Phi) is 12.0. The lowest BCUT2D eigenvalue weighted by molar-refractivity contribution is 0.196. The third-order valence-corrected chi connectivity index (χ3v) is 7.92. The molecule has 182 valence electrons. The highest BCUT2D eigenvalue weighted by molar-refractivity contribution is 5.27. The summed E-state index contributed by atoms with van der Waals surface area (Å²) in [6.45, 7) is 5.42. The molecule has 0 N–H and O–H groups in total. The highest BCUT2D eigenvalue weighted by Gasteiger charge is 2.21. The first-order valence-electron chi connectivity index (χ1n) is 14.2. The highest BCUT2D eigenvalue weighted by Crippen LogP contribution is 2.32. The van der Waals surface area contributed by atoms with Crippen molar-refractivity contribution in [2.45, 2.75) is 110 Å². The van der Waals surface area contributed by atoms with E-state index in [9.17, 15) is 0 Å². The number of hydrogen-bond acceptors (Lipinski definition) is 1. The van der Waals surface area contributed by atoms with Crippen LogP contribution >= 0.6 is 0 Å². The van der Waals surface area contributed by atoms with Crippen LogP contribution in [0.25, 0.3) is 0 Å². The van der Waals surface area contributed by atoms with Crippen LogP contribution in [-0.4, -0.2) is 6.61 Å². The van der Waals surface area contributed by atoms with Crippen LogP contribution in [0.3, 0.4) is 0 Å². The summed E-state index contributed by atoms with van der Waals surface area (Å²) in [7, 11) is 0. The molecule has 0 heterocycles. The van der Waals surface area contributed by atoms with Gasteiger partial charge in [-0.15, -0.1) is 0 Å². The summed E-state index contributed by atoms with van der Waals surface area (Å²) in [5.41, 5.74) is 1.43. The largest absolute Gasteiger partial charge is 0.493 e. The van der Waals surface area contributed by atoms with Crippen LogP contribution in [0.5, 0.6) is 5.75 Å². The summed E-state index contributed by atoms with van der Waals surface area (Å²) in [5, 5.41) is 0. The van der Waals surface area contributed by atoms with Gasteiger partial charge in [-0.3, -0.25) is 0 Å². The van der Waals surface area contributed by atoms with Crippen LogP contribution < -0.4 is 4.74 Å². The molecule has 0 unspecified atom stereocenters. The van der Waals surface area contributed by atoms with Gasteiger partial charge < -0.3 is 4.74 Å². The molecule has 0 bridgehead atoms. The van der Waals surface area contributed by atoms with Crippen LogP contribution in [0.1, 0.15) is 109 Å². The predicted molar refractivity (Wildman–Crippen MR) is 143 cm³/mol. The number of unbranched alkanes of at least 4 members (excludes halogenated alkanes) is 3. The summed E-state index contributed by atoms with van der Waals surface area (Å²) in [5.74, 6) is 11.0. The minimum atomic E-state index is 0.582. The number of ether oxygens (including phenoxy) is 1. The topological polar surface area (TPSA) is 9.23 Å². The zero-order chi connectivity index (χ0) is 23.1. The van der Waals surface area contributed by atoms with Gasteiger partial charge in [-0.2, -0.15) is 0 Å². The van der Waals surface area contributed by atoms with E-state index in [1.807, 2.05) is 0 Å². The maximum atomic E-state index is 6.11. The van der Waals surface area contributed by atoms with E-state index in [2.05, 4.69) is 62.1 Å². The van der Waals surface area contributed by atoms with Gasteiger partial charge in [0.25, 0.3) is 0 Å². The Balaban J connectivity index is 1.28. The van der Waals surface area contributed by atoms with Crippen molar-refractivity contribution in [3.8, 4) is 17.6 Å². The molecule has 0 atom stereocenters. The van der Waals surface area contributed by atoms with E-state index >= 15 is 0 Å². The SMILES string of the molecule is CCCCCc1ccc(OC[C@H]2CC[C@H](C#CC=C[C@H]3CC[C@H](CCCC)CC3)CC2)cc1. The Morgan fingerprint density at radius 2 is 1.52 bits per heavy atom. The first-order valence-corrected chi connectivity index (χ1v) is 14.2. The number of aryl methyl sites for hydroxylation is 1. The third-order valence-electron chi connectivity index (χ3n) is 7.92. The van der Waals surface area contributed by atoms with Crippen molar-refractivity contribution < 1.29 is 4.74 Å². The Hall–Kier alpha value is -1.68. The monoisotopic (exact) mass is 448 g/mol. The van der Waals surface area contributed by atoms with E-state index in [0.29, 0.717) is 11.8 Å². The number of allylic oxidation sites excluding steroid dienone is 2. The number of rotatable bonds is 11. The van der Waals surface area contributed by atoms with Crippen LogP contribution in [0.15, 0.2) is 36.4 Å². The lowest BCUT2D eigenvalue weighted by Gasteiger charge is -2.26. The average molecular weight is 449 g/mol. The lowest BCUT2D eigenvalue weighted by atomic mass is 9.80. The molecule has 2 fully saturated rings. The second-order valence-electron chi connectivity index (χ2n) is 10.7. The van der Waals surface area contributed by atoms with Gasteiger partial charge in [-0.05, 0) is 106 Å². The van der Waals surface area contributed by atoms with E-state index in [4.69, 9.17) is 4.74 Å². The minimum Gasteiger partial charge on any atom is -0.493 e. The first kappa shape index (κ1) is 25.9. The predicted octanol–water partition coefficient (Wildman–Crippen LogP) is 9.16. The van der Waals surface area contributed by atoms with Gasteiger partial charge in [-0.25, -0.2) is 0 Å². The maximum Gasteiger partial charge on any atom is 0.119 e. The number of benzene rings is 1. The summed E-state index contributed by atoms with van der Waals surface area (Å²) in [6, 6.07) is 8.79. The van der Waals surface area contributed by atoms with Crippen molar-refractivity contribution in [3.05, 3.63) is 42.0 Å². The van der Waals surface area contributed by atoms with Gasteiger partial charge in [0, 0.05) is 5.92 Å². The molecule has 2 aliphatic carbocycles. The van der Waals surface area contributed by atoms with E-state index < -0.39 is 0 Å². The fraction of sp³-hybridized carbons (Fsp3) is 0.688. The van der Waals surface area contributed by atoms with Crippen LogP contribution in [0.2, 0.25) is 0 Å². The Labute approximate surface area is 204 Å². The quantitative estimate of drug-likeness (QED) is 0.242. The molecule has 3 rings (SSSR count). The molecule has 1 aromatic carbocycles. The molecule has 2 saturated carbocycles. The van der Waals surface area contributed by atoms with Crippen molar-refractivity contribution in [2.75, 3.05) is 6.61 Å². The summed E-state index contributed by atoms with van der Waals surface area (Å²) < 4.78 is 6.11. The molecular formula is C32H48O. The zero-order valence-corrected chi connectivity index (χ0v) is 21.5. The molecule has 1 nitrogen and oxygen atoms in total. The molecule has 2 aliphatic rings. The molecule has 0 amide bonds. The molecule has 1 heteroatoms. The smallest absolute Gasteiger partial charge is 0.119 e. The lowest BCUT2D eigenvalue weighted by Crippen LogP contribution is -2.19. The van der Waals surface area contributed by atoms with Gasteiger partial charge in [0.1, 0.15) is 5.75 Å². The van der Waals surface area contributed by atoms with Gasteiger partial charge in [-0.1, -0.05) is 76.0 Å². The summed E-state index contributed by atoms with van der Waals surface area (Å²) in [4.78, 5) is 0. The average Bonchev–Trinajstić information content (AvgIpc) is 2.86. The number of hydrogen-bond donors (Lipinski definition) is 0. The minimum absolute atomic E-state index is 0.582. The van der Waals surface area contributed by atoms with Crippen LogP contribution in [-0.2, 0) is 6.42 Å². The summed E-state index contributed by atoms with van der Waals surface area (Å²) >= 11 is 0. The van der Waals surface area contributed by atoms with E-state index in [0.717, 1.165) is 24.2 Å². The van der Waals surface area contributed by atoms with Crippen molar-refractivity contribution in [1.82, 2.24) is 0 Å². The third kappa shape index (κ3) is 10.00. The molecule has 33 heavy (non-hydrogen) atoms. The van der Waals surface area contributed by atoms with Crippen molar-refractivity contribution in [3.63, 3.8) is 0 Å². The molecule has 0 aromatic heterocycles. The molecule has 0 saturated heterocycles. The zero-order valence-electron chi connectivity index (χ0n) is 21.5. The molecule has 0 spiro atoms. The van der Waals surface area contributed by atoms with E-state index in [-0.39, 0.29) is 0 Å². The van der Waals surface area contributed by atoms with Gasteiger partial charge in [0.15, 0.2) is 0 Å². The van der Waals surface area contributed by atoms with Gasteiger partial charge >= 0.3 is 0 Å². The fourth-order valence-corrected chi connectivity index (χ4v) is 5.53. The second kappa shape index (κ2) is 15.3. The van der Waals surface area contributed by atoms with Crippen molar-refractivity contribution in [1.29, 1.82) is 0 Å². The Morgan fingerprint density at radius 1 is 0.818 bits per heavy atom. The molecular weight excluding hydrogens is 400 g/mol. The van der Waals surface area contributed by atoms with E-state index in [1.54, 1.807) is 0 Å². The normalized spacial score (nSPS) is 25.5. The molecule has 1 aromatic rings. The van der Waals surface area contributed by atoms with E-state index in [1.165, 1.54) is 102 Å². The highest BCUT2D eigenvalue weighted by atomic mass is 16.5. The fourth-order valence-electron chi connectivity index (χ4n) is 5.53.